The average molecular weight is 255 g/mol. The quantitative estimate of drug-likeness (QED) is 0.708. The maximum atomic E-state index is 5.83. The second kappa shape index (κ2) is 8.92. The molecule has 0 amide bonds. The van der Waals surface area contributed by atoms with Gasteiger partial charge in [-0.2, -0.15) is 0 Å². The van der Waals surface area contributed by atoms with Crippen molar-refractivity contribution >= 4 is 0 Å². The number of nitrogens with one attached hydrogen (secondary N) is 1. The summed E-state index contributed by atoms with van der Waals surface area (Å²) in [5, 5.41) is 3.79. The molecule has 0 spiro atoms. The maximum absolute atomic E-state index is 5.83. The van der Waals surface area contributed by atoms with Gasteiger partial charge < -0.3 is 10.1 Å². The van der Waals surface area contributed by atoms with Crippen LogP contribution in [0.15, 0.2) is 0 Å². The molecule has 2 nitrogen and oxygen atoms in total. The van der Waals surface area contributed by atoms with Crippen molar-refractivity contribution in [3.63, 3.8) is 0 Å². The largest absolute Gasteiger partial charge is 0.378 e. The van der Waals surface area contributed by atoms with Crippen LogP contribution in [-0.2, 0) is 4.74 Å². The van der Waals surface area contributed by atoms with Crippen LogP contribution in [0.5, 0.6) is 0 Å². The van der Waals surface area contributed by atoms with E-state index in [2.05, 4.69) is 33.0 Å². The molecule has 18 heavy (non-hydrogen) atoms. The van der Waals surface area contributed by atoms with E-state index < -0.39 is 0 Å². The summed E-state index contributed by atoms with van der Waals surface area (Å²) >= 11 is 0. The van der Waals surface area contributed by atoms with E-state index in [1.807, 2.05) is 0 Å². The van der Waals surface area contributed by atoms with Crippen molar-refractivity contribution in [2.75, 3.05) is 13.2 Å². The van der Waals surface area contributed by atoms with Crippen molar-refractivity contribution in [3.05, 3.63) is 0 Å². The molecule has 2 heteroatoms. The van der Waals surface area contributed by atoms with Gasteiger partial charge in [-0.25, -0.2) is 0 Å². The molecule has 0 saturated carbocycles. The Morgan fingerprint density at radius 2 is 2.06 bits per heavy atom. The number of hydrogen-bond acceptors (Lipinski definition) is 2. The van der Waals surface area contributed by atoms with Crippen LogP contribution in [0.4, 0.5) is 0 Å². The summed E-state index contributed by atoms with van der Waals surface area (Å²) in [6.45, 7) is 11.3. The molecule has 1 heterocycles. The van der Waals surface area contributed by atoms with Crippen LogP contribution in [-0.4, -0.2) is 25.3 Å². The molecule has 0 aromatic carbocycles. The molecule has 1 saturated heterocycles. The Labute approximate surface area is 114 Å². The highest BCUT2D eigenvalue weighted by Crippen LogP contribution is 2.21. The highest BCUT2D eigenvalue weighted by Gasteiger charge is 2.24. The molecular weight excluding hydrogens is 222 g/mol. The van der Waals surface area contributed by atoms with Crippen LogP contribution in [0.2, 0.25) is 0 Å². The fourth-order valence-electron chi connectivity index (χ4n) is 2.75. The number of unbranched alkanes of at least 4 members (excludes halogenated alkanes) is 1. The first-order valence-electron chi connectivity index (χ1n) is 8.02. The minimum Gasteiger partial charge on any atom is -0.378 e. The van der Waals surface area contributed by atoms with Crippen molar-refractivity contribution < 1.29 is 4.74 Å². The van der Waals surface area contributed by atoms with Crippen molar-refractivity contribution in [2.24, 2.45) is 11.8 Å². The first-order chi connectivity index (χ1) is 8.67. The summed E-state index contributed by atoms with van der Waals surface area (Å²) in [6.07, 6.45) is 8.24. The van der Waals surface area contributed by atoms with Crippen LogP contribution < -0.4 is 5.32 Å². The van der Waals surface area contributed by atoms with E-state index in [-0.39, 0.29) is 0 Å². The molecule has 1 rings (SSSR count). The molecule has 108 valence electrons. The maximum Gasteiger partial charge on any atom is 0.0612 e. The van der Waals surface area contributed by atoms with E-state index in [1.165, 1.54) is 45.1 Å². The van der Waals surface area contributed by atoms with Crippen LogP contribution in [0.3, 0.4) is 0 Å². The van der Waals surface area contributed by atoms with Crippen molar-refractivity contribution in [1.82, 2.24) is 5.32 Å². The van der Waals surface area contributed by atoms with Gasteiger partial charge in [-0.05, 0) is 37.6 Å². The van der Waals surface area contributed by atoms with Gasteiger partial charge in [0.05, 0.1) is 6.10 Å². The van der Waals surface area contributed by atoms with Gasteiger partial charge in [0.15, 0.2) is 0 Å². The van der Waals surface area contributed by atoms with E-state index >= 15 is 0 Å². The fraction of sp³-hybridized carbons (Fsp3) is 1.00. The van der Waals surface area contributed by atoms with Crippen LogP contribution >= 0.6 is 0 Å². The van der Waals surface area contributed by atoms with Gasteiger partial charge in [-0.3, -0.25) is 0 Å². The molecule has 3 atom stereocenters. The molecular formula is C16H33NO. The third-order valence-electron chi connectivity index (χ3n) is 4.30. The summed E-state index contributed by atoms with van der Waals surface area (Å²) in [5.41, 5.74) is 0. The Bertz CT molecular complexity index is 205. The molecule has 0 radical (unpaired) electrons. The van der Waals surface area contributed by atoms with Gasteiger partial charge in [0.1, 0.15) is 0 Å². The number of hydrogen-bond donors (Lipinski definition) is 1. The fourth-order valence-corrected chi connectivity index (χ4v) is 2.75. The van der Waals surface area contributed by atoms with Crippen molar-refractivity contribution in [3.8, 4) is 0 Å². The smallest absolute Gasteiger partial charge is 0.0612 e. The molecule has 1 fully saturated rings. The van der Waals surface area contributed by atoms with Gasteiger partial charge in [0, 0.05) is 12.6 Å². The zero-order valence-corrected chi connectivity index (χ0v) is 12.9. The van der Waals surface area contributed by atoms with Gasteiger partial charge in [0.2, 0.25) is 0 Å². The lowest BCUT2D eigenvalue weighted by atomic mass is 9.94. The molecule has 1 aliphatic rings. The van der Waals surface area contributed by atoms with Gasteiger partial charge in [-0.15, -0.1) is 0 Å². The van der Waals surface area contributed by atoms with E-state index in [9.17, 15) is 0 Å². The highest BCUT2D eigenvalue weighted by molar-refractivity contribution is 4.79. The lowest BCUT2D eigenvalue weighted by Gasteiger charge is -2.33. The molecule has 3 unspecified atom stereocenters. The Hall–Kier alpha value is -0.0800. The minimum atomic E-state index is 0.465. The Kier molecular flexibility index (Phi) is 7.92. The molecule has 0 aliphatic carbocycles. The van der Waals surface area contributed by atoms with Gasteiger partial charge in [-0.1, -0.05) is 47.0 Å². The van der Waals surface area contributed by atoms with Crippen LogP contribution in [0.1, 0.15) is 66.2 Å². The summed E-state index contributed by atoms with van der Waals surface area (Å²) in [4.78, 5) is 0. The van der Waals surface area contributed by atoms with Gasteiger partial charge >= 0.3 is 0 Å². The number of ether oxygens (including phenoxy) is 1. The standard InChI is InChI=1S/C16H33NO/c1-5-7-8-14(6-2)12-17-15-9-10-18-16(11-15)13(3)4/h13-17H,5-12H2,1-4H3. The molecule has 1 aliphatic heterocycles. The Balaban J connectivity index is 2.24. The van der Waals surface area contributed by atoms with Crippen molar-refractivity contribution in [1.29, 1.82) is 0 Å². The predicted molar refractivity (Wildman–Crippen MR) is 78.9 cm³/mol. The molecule has 1 N–H and O–H groups in total. The zero-order valence-electron chi connectivity index (χ0n) is 12.9. The Morgan fingerprint density at radius 1 is 1.28 bits per heavy atom. The molecule has 0 aromatic rings. The van der Waals surface area contributed by atoms with Crippen molar-refractivity contribution in [2.45, 2.75) is 78.4 Å². The predicted octanol–water partition coefficient (Wildman–Crippen LogP) is 4.00. The van der Waals surface area contributed by atoms with E-state index in [0.717, 1.165) is 12.5 Å². The summed E-state index contributed by atoms with van der Waals surface area (Å²) in [7, 11) is 0. The first-order valence-corrected chi connectivity index (χ1v) is 8.02. The average Bonchev–Trinajstić information content (AvgIpc) is 2.39. The van der Waals surface area contributed by atoms with Crippen LogP contribution in [0.25, 0.3) is 0 Å². The molecule has 0 aromatic heterocycles. The van der Waals surface area contributed by atoms with Gasteiger partial charge in [0.25, 0.3) is 0 Å². The third-order valence-corrected chi connectivity index (χ3v) is 4.30. The topological polar surface area (TPSA) is 21.3 Å². The molecule has 0 bridgehead atoms. The highest BCUT2D eigenvalue weighted by atomic mass is 16.5. The normalized spacial score (nSPS) is 26.5. The summed E-state index contributed by atoms with van der Waals surface area (Å²) < 4.78 is 5.83. The SMILES string of the molecule is CCCCC(CC)CNC1CCOC(C(C)C)C1. The summed E-state index contributed by atoms with van der Waals surface area (Å²) in [5.74, 6) is 1.52. The van der Waals surface area contributed by atoms with E-state index in [1.54, 1.807) is 0 Å². The lowest BCUT2D eigenvalue weighted by Crippen LogP contribution is -2.42. The number of rotatable bonds is 8. The first kappa shape index (κ1) is 16.0. The van der Waals surface area contributed by atoms with Crippen LogP contribution in [0, 0.1) is 11.8 Å². The third kappa shape index (κ3) is 5.71. The lowest BCUT2D eigenvalue weighted by molar-refractivity contribution is -0.0248. The van der Waals surface area contributed by atoms with E-state index in [0.29, 0.717) is 18.1 Å². The van der Waals surface area contributed by atoms with E-state index in [4.69, 9.17) is 4.74 Å². The second-order valence-corrected chi connectivity index (χ2v) is 6.20. The zero-order chi connectivity index (χ0) is 13.4. The minimum absolute atomic E-state index is 0.465. The monoisotopic (exact) mass is 255 g/mol. The Morgan fingerprint density at radius 3 is 2.67 bits per heavy atom. The second-order valence-electron chi connectivity index (χ2n) is 6.20. The summed E-state index contributed by atoms with van der Waals surface area (Å²) in [6, 6.07) is 0.682.